The number of benzene rings is 2. The molecule has 1 amide bonds. The summed E-state index contributed by atoms with van der Waals surface area (Å²) in [6.07, 6.45) is -3.27. The third-order valence-electron chi connectivity index (χ3n) is 4.71. The molecule has 170 valence electrons. The lowest BCUT2D eigenvalue weighted by Gasteiger charge is -2.25. The first-order valence-corrected chi connectivity index (χ1v) is 11.3. The van der Waals surface area contributed by atoms with Crippen LogP contribution in [0.2, 0.25) is 0 Å². The van der Waals surface area contributed by atoms with Gasteiger partial charge in [-0.25, -0.2) is 8.42 Å². The summed E-state index contributed by atoms with van der Waals surface area (Å²) in [6.45, 7) is 3.06. The molecule has 2 rings (SSSR count). The summed E-state index contributed by atoms with van der Waals surface area (Å²) in [5.41, 5.74) is 0.438. The molecule has 0 fully saturated rings. The van der Waals surface area contributed by atoms with Crippen LogP contribution < -0.4 is 14.4 Å². The number of nitrogens with one attached hydrogen (secondary N) is 1. The lowest BCUT2D eigenvalue weighted by Crippen LogP contribution is -2.41. The fraction of sp³-hybridized carbons (Fsp3) is 0.381. The number of anilines is 1. The van der Waals surface area contributed by atoms with Crippen molar-refractivity contribution in [2.45, 2.75) is 32.5 Å². The second kappa shape index (κ2) is 9.59. The molecule has 0 aromatic heterocycles. The van der Waals surface area contributed by atoms with Crippen molar-refractivity contribution in [3.63, 3.8) is 0 Å². The topological polar surface area (TPSA) is 75.7 Å². The first-order chi connectivity index (χ1) is 14.4. The number of rotatable bonds is 8. The van der Waals surface area contributed by atoms with E-state index in [9.17, 15) is 26.4 Å². The minimum Gasteiger partial charge on any atom is -0.496 e. The van der Waals surface area contributed by atoms with E-state index >= 15 is 0 Å². The number of sulfonamides is 1. The largest absolute Gasteiger partial charge is 0.496 e. The SMILES string of the molecule is CC[C@H](NC(=O)CN(c1cccc(C(F)(F)F)c1)S(C)(=O)=O)c1ccc(OC)c(C)c1. The summed E-state index contributed by atoms with van der Waals surface area (Å²) < 4.78 is 69.4. The average molecular weight is 459 g/mol. The number of alkyl halides is 3. The van der Waals surface area contributed by atoms with Crippen LogP contribution in [0, 0.1) is 6.92 Å². The van der Waals surface area contributed by atoms with Gasteiger partial charge in [0, 0.05) is 0 Å². The van der Waals surface area contributed by atoms with Crippen molar-refractivity contribution in [1.82, 2.24) is 5.32 Å². The van der Waals surface area contributed by atoms with Crippen LogP contribution in [0.4, 0.5) is 18.9 Å². The first-order valence-electron chi connectivity index (χ1n) is 9.45. The van der Waals surface area contributed by atoms with Gasteiger partial charge in [0.05, 0.1) is 30.7 Å². The van der Waals surface area contributed by atoms with E-state index < -0.39 is 40.3 Å². The van der Waals surface area contributed by atoms with Crippen LogP contribution in [0.3, 0.4) is 0 Å². The van der Waals surface area contributed by atoms with Crippen LogP contribution in [-0.2, 0) is 21.0 Å². The standard InChI is InChI=1S/C21H25F3N2O4S/c1-5-18(15-9-10-19(30-3)14(2)11-15)25-20(27)13-26(31(4,28)29)17-8-6-7-16(12-17)21(22,23)24/h6-12,18H,5,13H2,1-4H3,(H,25,27)/t18-/m0/s1. The predicted octanol–water partition coefficient (Wildman–Crippen LogP) is 4.06. The normalized spacial score (nSPS) is 12.9. The number of hydrogen-bond acceptors (Lipinski definition) is 4. The van der Waals surface area contributed by atoms with Crippen LogP contribution >= 0.6 is 0 Å². The van der Waals surface area contributed by atoms with Crippen LogP contribution in [0.15, 0.2) is 42.5 Å². The van der Waals surface area contributed by atoms with Crippen molar-refractivity contribution in [1.29, 1.82) is 0 Å². The zero-order chi connectivity index (χ0) is 23.4. The van der Waals surface area contributed by atoms with Crippen molar-refractivity contribution in [2.24, 2.45) is 0 Å². The Morgan fingerprint density at radius 3 is 2.39 bits per heavy atom. The molecule has 0 unspecified atom stereocenters. The summed E-state index contributed by atoms with van der Waals surface area (Å²) >= 11 is 0. The molecular weight excluding hydrogens is 433 g/mol. The molecular formula is C21H25F3N2O4S. The van der Waals surface area contributed by atoms with Gasteiger partial charge in [-0.15, -0.1) is 0 Å². The number of methoxy groups -OCH3 is 1. The van der Waals surface area contributed by atoms with E-state index in [-0.39, 0.29) is 5.69 Å². The van der Waals surface area contributed by atoms with Gasteiger partial charge in [0.2, 0.25) is 15.9 Å². The van der Waals surface area contributed by atoms with E-state index in [4.69, 9.17) is 4.74 Å². The molecule has 0 radical (unpaired) electrons. The van der Waals surface area contributed by atoms with Crippen molar-refractivity contribution in [3.05, 3.63) is 59.2 Å². The van der Waals surface area contributed by atoms with E-state index in [1.165, 1.54) is 6.07 Å². The Morgan fingerprint density at radius 1 is 1.19 bits per heavy atom. The monoisotopic (exact) mass is 458 g/mol. The maximum atomic E-state index is 13.0. The molecule has 0 aliphatic heterocycles. The van der Waals surface area contributed by atoms with Gasteiger partial charge in [0.1, 0.15) is 12.3 Å². The number of aryl methyl sites for hydroxylation is 1. The van der Waals surface area contributed by atoms with Crippen molar-refractivity contribution < 1.29 is 31.1 Å². The van der Waals surface area contributed by atoms with Gasteiger partial charge in [-0.3, -0.25) is 9.10 Å². The summed E-state index contributed by atoms with van der Waals surface area (Å²) in [7, 11) is -2.46. The molecule has 0 spiro atoms. The summed E-state index contributed by atoms with van der Waals surface area (Å²) in [5.74, 6) is 0.0564. The van der Waals surface area contributed by atoms with Gasteiger partial charge >= 0.3 is 6.18 Å². The highest BCUT2D eigenvalue weighted by Crippen LogP contribution is 2.32. The van der Waals surface area contributed by atoms with Gasteiger partial charge < -0.3 is 10.1 Å². The van der Waals surface area contributed by atoms with E-state index in [1.54, 1.807) is 19.2 Å². The highest BCUT2D eigenvalue weighted by Gasteiger charge is 2.32. The fourth-order valence-electron chi connectivity index (χ4n) is 3.15. The number of amides is 1. The Bertz CT molecular complexity index is 1040. The Morgan fingerprint density at radius 2 is 1.87 bits per heavy atom. The molecule has 0 saturated heterocycles. The Balaban J connectivity index is 2.26. The van der Waals surface area contributed by atoms with Gasteiger partial charge in [-0.1, -0.05) is 25.1 Å². The predicted molar refractivity (Wildman–Crippen MR) is 113 cm³/mol. The smallest absolute Gasteiger partial charge is 0.416 e. The summed E-state index contributed by atoms with van der Waals surface area (Å²) in [6, 6.07) is 8.87. The van der Waals surface area contributed by atoms with Crippen LogP contribution in [0.1, 0.15) is 36.1 Å². The highest BCUT2D eigenvalue weighted by atomic mass is 32.2. The molecule has 10 heteroatoms. The lowest BCUT2D eigenvalue weighted by atomic mass is 10.0. The average Bonchev–Trinajstić information content (AvgIpc) is 2.68. The second-order valence-electron chi connectivity index (χ2n) is 7.08. The highest BCUT2D eigenvalue weighted by molar-refractivity contribution is 7.92. The van der Waals surface area contributed by atoms with Gasteiger partial charge in [0.25, 0.3) is 0 Å². The maximum Gasteiger partial charge on any atom is 0.416 e. The molecule has 6 nitrogen and oxygen atoms in total. The lowest BCUT2D eigenvalue weighted by molar-refractivity contribution is -0.137. The number of carbonyl (C=O) groups excluding carboxylic acids is 1. The molecule has 0 heterocycles. The molecule has 0 saturated carbocycles. The summed E-state index contributed by atoms with van der Waals surface area (Å²) in [4.78, 5) is 12.6. The molecule has 0 aliphatic rings. The third kappa shape index (κ3) is 6.36. The van der Waals surface area contributed by atoms with Crippen molar-refractivity contribution in [2.75, 3.05) is 24.2 Å². The molecule has 31 heavy (non-hydrogen) atoms. The van der Waals surface area contributed by atoms with E-state index in [0.29, 0.717) is 22.5 Å². The van der Waals surface area contributed by atoms with Crippen LogP contribution in [-0.4, -0.2) is 34.2 Å². The number of carbonyl (C=O) groups is 1. The maximum absolute atomic E-state index is 13.0. The summed E-state index contributed by atoms with van der Waals surface area (Å²) in [5, 5.41) is 2.76. The van der Waals surface area contributed by atoms with Crippen molar-refractivity contribution in [3.8, 4) is 5.75 Å². The number of nitrogens with zero attached hydrogens (tertiary/aromatic N) is 1. The zero-order valence-electron chi connectivity index (χ0n) is 17.7. The van der Waals surface area contributed by atoms with Crippen LogP contribution in [0.5, 0.6) is 5.75 Å². The van der Waals surface area contributed by atoms with Crippen LogP contribution in [0.25, 0.3) is 0 Å². The fourth-order valence-corrected chi connectivity index (χ4v) is 4.00. The van der Waals surface area contributed by atoms with E-state index in [0.717, 1.165) is 29.5 Å². The van der Waals surface area contributed by atoms with E-state index in [2.05, 4.69) is 5.32 Å². The number of hydrogen-bond donors (Lipinski definition) is 1. The van der Waals surface area contributed by atoms with Crippen molar-refractivity contribution >= 4 is 21.6 Å². The van der Waals surface area contributed by atoms with Gasteiger partial charge in [0.15, 0.2) is 0 Å². The Labute approximate surface area is 180 Å². The zero-order valence-corrected chi connectivity index (χ0v) is 18.5. The molecule has 2 aromatic rings. The quantitative estimate of drug-likeness (QED) is 0.648. The number of ether oxygens (including phenoxy) is 1. The minimum atomic E-state index is -4.64. The second-order valence-corrected chi connectivity index (χ2v) is 8.98. The Kier molecular flexibility index (Phi) is 7.58. The molecule has 1 atom stereocenters. The molecule has 0 bridgehead atoms. The third-order valence-corrected chi connectivity index (χ3v) is 5.85. The number of halogens is 3. The Hall–Kier alpha value is -2.75. The molecule has 2 aromatic carbocycles. The molecule has 1 N–H and O–H groups in total. The first kappa shape index (κ1) is 24.5. The molecule has 0 aliphatic carbocycles. The van der Waals surface area contributed by atoms with Gasteiger partial charge in [-0.05, 0) is 48.7 Å². The van der Waals surface area contributed by atoms with Gasteiger partial charge in [-0.2, -0.15) is 13.2 Å². The van der Waals surface area contributed by atoms with E-state index in [1.807, 2.05) is 19.9 Å². The minimum absolute atomic E-state index is 0.235.